The normalized spacial score (nSPS) is 26.8. The van der Waals surface area contributed by atoms with E-state index in [4.69, 9.17) is 18.9 Å². The van der Waals surface area contributed by atoms with Gasteiger partial charge in [-0.25, -0.2) is 0 Å². The van der Waals surface area contributed by atoms with E-state index in [0.717, 1.165) is 0 Å². The van der Waals surface area contributed by atoms with Gasteiger partial charge < -0.3 is 39.8 Å². The highest BCUT2D eigenvalue weighted by atomic mass is 19.4. The molecule has 2 saturated heterocycles. The van der Waals surface area contributed by atoms with Gasteiger partial charge in [-0.2, -0.15) is 26.3 Å². The van der Waals surface area contributed by atoms with Crippen molar-refractivity contribution in [3.8, 4) is 11.5 Å². The first kappa shape index (κ1) is 44.8. The van der Waals surface area contributed by atoms with E-state index in [9.17, 15) is 50.9 Å². The summed E-state index contributed by atoms with van der Waals surface area (Å²) < 4.78 is 108. The number of aryl methyl sites for hydroxylation is 1. The summed E-state index contributed by atoms with van der Waals surface area (Å²) in [6.45, 7) is 4.37. The molecule has 17 heteroatoms. The number of rotatable bonds is 10. The topological polar surface area (TPSA) is 153 Å². The predicted molar refractivity (Wildman–Crippen MR) is 211 cm³/mol. The van der Waals surface area contributed by atoms with Crippen molar-refractivity contribution < 1.29 is 69.9 Å². The van der Waals surface area contributed by atoms with Crippen LogP contribution < -0.4 is 10.6 Å². The number of hydrogen-bond acceptors (Lipinski definition) is 9. The molecule has 2 fully saturated rings. The van der Waals surface area contributed by atoms with Crippen LogP contribution in [0.15, 0.2) is 72.8 Å². The third-order valence-corrected chi connectivity index (χ3v) is 11.9. The standard InChI is InChI=1S/C45H46F6N2O9/c1-23-39(59-21-25-11-6-4-7-12-25)31(52-41(57)44(46,47)48)19-33(61-23)28-18-30(37(55)36-29(28)17-27-15-10-16-32(54)35(27)38(36)56)34-20-43(3,53-42(58)45(49,50)51)40(24(2)62-34)60-22-26-13-8-5-9-14-26/h4-9,11-14,17-18,23-24,31,33-34,39-40,55-56H,10,15-16,19-22H2,1-3H3,(H,52,57)(H,53,58)/t23-,24+,31-,33-,34+,39-,40-,43+/m1/s1. The second kappa shape index (κ2) is 17.5. The minimum absolute atomic E-state index is 0.0283. The van der Waals surface area contributed by atoms with Crippen molar-refractivity contribution in [1.29, 1.82) is 0 Å². The summed E-state index contributed by atoms with van der Waals surface area (Å²) in [5.74, 6) is -6.00. The molecular weight excluding hydrogens is 826 g/mol. The van der Waals surface area contributed by atoms with E-state index in [1.807, 2.05) is 0 Å². The first-order valence-corrected chi connectivity index (χ1v) is 20.2. The number of carbonyl (C=O) groups excluding carboxylic acids is 3. The number of Topliss-reactive ketones (excluding diaryl/α,β-unsaturated/α-hetero) is 1. The van der Waals surface area contributed by atoms with Gasteiger partial charge in [0.15, 0.2) is 5.78 Å². The summed E-state index contributed by atoms with van der Waals surface area (Å²) in [5, 5.41) is 28.1. The zero-order valence-electron chi connectivity index (χ0n) is 33.9. The maximum Gasteiger partial charge on any atom is 0.471 e. The van der Waals surface area contributed by atoms with Crippen LogP contribution in [0, 0.1) is 0 Å². The number of carbonyl (C=O) groups is 3. The molecule has 332 valence electrons. The minimum Gasteiger partial charge on any atom is -0.507 e. The van der Waals surface area contributed by atoms with Crippen molar-refractivity contribution in [3.05, 3.63) is 106 Å². The number of ketones is 1. The molecule has 3 aliphatic rings. The number of phenolic OH excluding ortho intramolecular Hbond substituents is 2. The number of hydrogen-bond donors (Lipinski definition) is 4. The number of amides is 2. The summed E-state index contributed by atoms with van der Waals surface area (Å²) in [6.07, 6.45) is -17.0. The molecule has 8 atom stereocenters. The number of phenols is 2. The van der Waals surface area contributed by atoms with Gasteiger partial charge in [-0.1, -0.05) is 60.7 Å². The van der Waals surface area contributed by atoms with Crippen molar-refractivity contribution >= 4 is 28.4 Å². The minimum atomic E-state index is -5.28. The van der Waals surface area contributed by atoms with Crippen molar-refractivity contribution in [2.24, 2.45) is 0 Å². The smallest absolute Gasteiger partial charge is 0.471 e. The van der Waals surface area contributed by atoms with Gasteiger partial charge in [-0.15, -0.1) is 0 Å². The molecule has 0 bridgehead atoms. The molecule has 11 nitrogen and oxygen atoms in total. The Morgan fingerprint density at radius 3 is 2.00 bits per heavy atom. The maximum atomic E-state index is 13.9. The molecule has 0 unspecified atom stereocenters. The monoisotopic (exact) mass is 872 g/mol. The van der Waals surface area contributed by atoms with Gasteiger partial charge in [0.2, 0.25) is 0 Å². The van der Waals surface area contributed by atoms with E-state index < -0.39 is 96.1 Å². The lowest BCUT2D eigenvalue weighted by atomic mass is 9.78. The lowest BCUT2D eigenvalue weighted by molar-refractivity contribution is -0.196. The van der Waals surface area contributed by atoms with Gasteiger partial charge in [0, 0.05) is 24.8 Å². The van der Waals surface area contributed by atoms with E-state index >= 15 is 0 Å². The van der Waals surface area contributed by atoms with Crippen LogP contribution in [0.3, 0.4) is 0 Å². The summed E-state index contributed by atoms with van der Waals surface area (Å²) in [4.78, 5) is 38.3. The van der Waals surface area contributed by atoms with E-state index in [0.29, 0.717) is 29.5 Å². The largest absolute Gasteiger partial charge is 0.507 e. The third-order valence-electron chi connectivity index (χ3n) is 11.9. The molecule has 1 aliphatic carbocycles. The summed E-state index contributed by atoms with van der Waals surface area (Å²) in [7, 11) is 0. The number of benzene rings is 4. The van der Waals surface area contributed by atoms with Crippen LogP contribution in [0.2, 0.25) is 0 Å². The Balaban J connectivity index is 1.33. The number of aromatic hydroxyl groups is 2. The molecule has 2 heterocycles. The molecule has 2 amide bonds. The van der Waals surface area contributed by atoms with E-state index in [-0.39, 0.29) is 53.5 Å². The molecule has 62 heavy (non-hydrogen) atoms. The van der Waals surface area contributed by atoms with Crippen molar-refractivity contribution in [2.45, 2.75) is 127 Å². The Labute approximate surface area is 352 Å². The molecule has 4 aromatic carbocycles. The first-order chi connectivity index (χ1) is 29.2. The third kappa shape index (κ3) is 9.26. The van der Waals surface area contributed by atoms with Crippen LogP contribution in [0.1, 0.15) is 96.8 Å². The number of fused-ring (bicyclic) bond motifs is 2. The number of nitrogens with one attached hydrogen (secondary N) is 2. The zero-order chi connectivity index (χ0) is 44.7. The fourth-order valence-electron chi connectivity index (χ4n) is 9.04. The molecule has 7 rings (SSSR count). The van der Waals surface area contributed by atoms with Gasteiger partial charge >= 0.3 is 24.2 Å². The molecule has 0 saturated carbocycles. The van der Waals surface area contributed by atoms with Crippen LogP contribution in [0.5, 0.6) is 11.5 Å². The fourth-order valence-corrected chi connectivity index (χ4v) is 9.04. The highest BCUT2D eigenvalue weighted by molar-refractivity contribution is 6.09. The van der Waals surface area contributed by atoms with E-state index in [1.165, 1.54) is 19.9 Å². The van der Waals surface area contributed by atoms with Gasteiger partial charge in [0.05, 0.1) is 60.2 Å². The summed E-state index contributed by atoms with van der Waals surface area (Å²) in [6, 6.07) is 19.3. The summed E-state index contributed by atoms with van der Waals surface area (Å²) >= 11 is 0. The lowest BCUT2D eigenvalue weighted by Gasteiger charge is -2.48. The average molecular weight is 873 g/mol. The molecular formula is C45H46F6N2O9. The zero-order valence-corrected chi connectivity index (χ0v) is 33.9. The van der Waals surface area contributed by atoms with Gasteiger partial charge in [-0.3, -0.25) is 14.4 Å². The predicted octanol–water partition coefficient (Wildman–Crippen LogP) is 8.12. The van der Waals surface area contributed by atoms with Crippen molar-refractivity contribution in [3.63, 3.8) is 0 Å². The van der Waals surface area contributed by atoms with Crippen molar-refractivity contribution in [2.75, 3.05) is 0 Å². The molecule has 4 N–H and O–H groups in total. The number of alkyl halides is 6. The van der Waals surface area contributed by atoms with Crippen LogP contribution in [0.25, 0.3) is 10.8 Å². The molecule has 2 aliphatic heterocycles. The van der Waals surface area contributed by atoms with Crippen LogP contribution in [0.4, 0.5) is 26.3 Å². The van der Waals surface area contributed by atoms with Gasteiger partial charge in [0.1, 0.15) is 23.7 Å². The summed E-state index contributed by atoms with van der Waals surface area (Å²) in [5.41, 5.74) is 0.155. The van der Waals surface area contributed by atoms with E-state index in [1.54, 1.807) is 73.7 Å². The Hall–Kier alpha value is -5.23. The van der Waals surface area contributed by atoms with E-state index in [2.05, 4.69) is 10.6 Å². The Morgan fingerprint density at radius 1 is 0.790 bits per heavy atom. The van der Waals surface area contributed by atoms with Gasteiger partial charge in [-0.05, 0) is 73.4 Å². The van der Waals surface area contributed by atoms with Crippen molar-refractivity contribution in [1.82, 2.24) is 10.6 Å². The Morgan fingerprint density at radius 2 is 1.39 bits per heavy atom. The average Bonchev–Trinajstić information content (AvgIpc) is 3.20. The highest BCUT2D eigenvalue weighted by Gasteiger charge is 2.52. The maximum absolute atomic E-state index is 13.9. The number of ether oxygens (including phenoxy) is 4. The SMILES string of the molecule is C[C@@H]1O[C@H](c2cc([C@H]3C[C@@H](NC(=O)C(F)(F)F)[C@H](OCc4ccccc4)[C@@H](C)O3)c3cc4c(c(O)c3c2O)C(=O)CCC4)C[C@](C)(NC(=O)C(F)(F)F)[C@@H]1OCc1ccccc1. The number of halogens is 6. The first-order valence-electron chi connectivity index (χ1n) is 20.2. The molecule has 4 aromatic rings. The van der Waals surface area contributed by atoms with Crippen LogP contribution in [-0.4, -0.2) is 76.2 Å². The quantitative estimate of drug-likeness (QED) is 0.116. The van der Waals surface area contributed by atoms with Crippen LogP contribution >= 0.6 is 0 Å². The fraction of sp³-hybridized carbons (Fsp3) is 0.444. The molecule has 0 spiro atoms. The lowest BCUT2D eigenvalue weighted by Crippen LogP contribution is -2.64. The van der Waals surface area contributed by atoms with Gasteiger partial charge in [0.25, 0.3) is 0 Å². The Kier molecular flexibility index (Phi) is 12.7. The second-order valence-electron chi connectivity index (χ2n) is 16.4. The van der Waals surface area contributed by atoms with Crippen LogP contribution in [-0.2, 0) is 48.2 Å². The Bertz CT molecular complexity index is 2310. The molecule has 0 radical (unpaired) electrons. The highest BCUT2D eigenvalue weighted by Crippen LogP contribution is 2.51. The molecule has 0 aromatic heterocycles. The second-order valence-corrected chi connectivity index (χ2v) is 16.4.